The topological polar surface area (TPSA) is 3.24 Å². The average molecular weight is 612 g/mol. The molecule has 0 saturated heterocycles. The molecule has 2 heteroatoms. The van der Waals surface area contributed by atoms with E-state index >= 15 is 0 Å². The van der Waals surface area contributed by atoms with Crippen LogP contribution >= 0.6 is 11.3 Å². The van der Waals surface area contributed by atoms with Gasteiger partial charge in [-0.25, -0.2) is 0 Å². The number of anilines is 3. The van der Waals surface area contributed by atoms with Gasteiger partial charge in [-0.1, -0.05) is 97.1 Å². The number of hydrogen-bond acceptors (Lipinski definition) is 2. The van der Waals surface area contributed by atoms with E-state index in [1.54, 1.807) is 0 Å². The Balaban J connectivity index is 1.25. The predicted octanol–water partition coefficient (Wildman–Crippen LogP) is 13.1. The zero-order valence-corrected chi connectivity index (χ0v) is 26.8. The molecule has 10 rings (SSSR count). The lowest BCUT2D eigenvalue weighted by Gasteiger charge is -2.47. The summed E-state index contributed by atoms with van der Waals surface area (Å²) in [5.74, 6) is 0.951. The molecule has 1 nitrogen and oxygen atoms in total. The van der Waals surface area contributed by atoms with Crippen LogP contribution in [0.3, 0.4) is 0 Å². The minimum Gasteiger partial charge on any atom is -0.310 e. The quantitative estimate of drug-likeness (QED) is 0.181. The van der Waals surface area contributed by atoms with Crippen molar-refractivity contribution in [1.82, 2.24) is 0 Å². The van der Waals surface area contributed by atoms with E-state index in [1.165, 1.54) is 104 Å². The lowest BCUT2D eigenvalue weighted by molar-refractivity contribution is 0.136. The fourth-order valence-corrected chi connectivity index (χ4v) is 9.39. The third-order valence-corrected chi connectivity index (χ3v) is 12.0. The maximum Gasteiger partial charge on any atom is 0.0540 e. The first-order chi connectivity index (χ1) is 22.7. The van der Waals surface area contributed by atoms with E-state index in [4.69, 9.17) is 0 Å². The average Bonchev–Trinajstić information content (AvgIpc) is 3.52. The molecule has 1 heterocycles. The van der Waals surface area contributed by atoms with Gasteiger partial charge in [-0.2, -0.15) is 0 Å². The molecule has 0 aliphatic heterocycles. The summed E-state index contributed by atoms with van der Waals surface area (Å²) in [4.78, 5) is 2.49. The van der Waals surface area contributed by atoms with Gasteiger partial charge in [-0.05, 0) is 121 Å². The number of fused-ring (bicyclic) bond motifs is 6. The van der Waals surface area contributed by atoms with E-state index in [1.807, 2.05) is 11.3 Å². The van der Waals surface area contributed by atoms with Crippen molar-refractivity contribution in [2.75, 3.05) is 4.90 Å². The normalized spacial score (nSPS) is 19.1. The van der Waals surface area contributed by atoms with Crippen LogP contribution in [-0.4, -0.2) is 0 Å². The Morgan fingerprint density at radius 2 is 1.11 bits per heavy atom. The molecule has 2 bridgehead atoms. The van der Waals surface area contributed by atoms with Crippen molar-refractivity contribution in [1.29, 1.82) is 0 Å². The van der Waals surface area contributed by atoms with Crippen LogP contribution in [0.15, 0.2) is 146 Å². The third-order valence-electron chi connectivity index (χ3n) is 10.9. The van der Waals surface area contributed by atoms with Gasteiger partial charge >= 0.3 is 0 Å². The lowest BCUT2D eigenvalue weighted by Crippen LogP contribution is -2.37. The number of thiophene rings is 1. The highest BCUT2D eigenvalue weighted by molar-refractivity contribution is 7.25. The van der Waals surface area contributed by atoms with E-state index in [9.17, 15) is 0 Å². The second kappa shape index (κ2) is 11.3. The summed E-state index contributed by atoms with van der Waals surface area (Å²) in [5.41, 5.74) is 10.5. The fraction of sp³-hybridized carbons (Fsp3) is 0.182. The minimum absolute atomic E-state index is 0.327. The molecule has 6 aromatic carbocycles. The highest BCUT2D eigenvalue weighted by atomic mass is 32.1. The van der Waals surface area contributed by atoms with E-state index in [0.717, 1.165) is 5.92 Å². The Morgan fingerprint density at radius 3 is 1.85 bits per heavy atom. The van der Waals surface area contributed by atoms with Crippen molar-refractivity contribution >= 4 is 48.6 Å². The summed E-state index contributed by atoms with van der Waals surface area (Å²) < 4.78 is 2.67. The van der Waals surface area contributed by atoms with Gasteiger partial charge in [0.25, 0.3) is 0 Å². The van der Waals surface area contributed by atoms with Gasteiger partial charge in [0.1, 0.15) is 0 Å². The molecule has 3 saturated carbocycles. The monoisotopic (exact) mass is 611 g/mol. The molecule has 3 aliphatic rings. The van der Waals surface area contributed by atoms with Gasteiger partial charge in [0, 0.05) is 37.1 Å². The third kappa shape index (κ3) is 4.75. The van der Waals surface area contributed by atoms with Crippen LogP contribution in [0.5, 0.6) is 0 Å². The Kier molecular flexibility index (Phi) is 6.79. The molecular weight excluding hydrogens is 575 g/mol. The van der Waals surface area contributed by atoms with Crippen LogP contribution in [-0.2, 0) is 5.41 Å². The molecule has 0 radical (unpaired) electrons. The standard InChI is InChI=1S/C44H37NS/c1-3-9-32(10-4-1)33-15-18-36(19-16-33)45(37-20-22-43-40(30-37)38-13-7-8-14-42(38)46-43)41-21-17-35(29-39(41)34-11-5-2-6-12-34)44-26-23-31(24-27-44)25-28-44/h1-22,29-31H,23-28H2. The van der Waals surface area contributed by atoms with Gasteiger partial charge in [0.2, 0.25) is 0 Å². The van der Waals surface area contributed by atoms with Crippen molar-refractivity contribution in [3.63, 3.8) is 0 Å². The molecule has 1 aromatic heterocycles. The highest BCUT2D eigenvalue weighted by Crippen LogP contribution is 2.53. The van der Waals surface area contributed by atoms with Crippen LogP contribution in [0.25, 0.3) is 42.4 Å². The Bertz CT molecular complexity index is 2140. The second-order valence-corrected chi connectivity index (χ2v) is 14.5. The molecule has 0 N–H and O–H groups in total. The van der Waals surface area contributed by atoms with Crippen molar-refractivity contribution in [3.8, 4) is 22.3 Å². The van der Waals surface area contributed by atoms with Crippen molar-refractivity contribution in [3.05, 3.63) is 151 Å². The van der Waals surface area contributed by atoms with Crippen molar-refractivity contribution in [2.24, 2.45) is 5.92 Å². The first-order valence-corrected chi connectivity index (χ1v) is 17.6. The van der Waals surface area contributed by atoms with Crippen LogP contribution in [0.1, 0.15) is 44.1 Å². The molecule has 3 aliphatic carbocycles. The number of benzene rings is 6. The van der Waals surface area contributed by atoms with Crippen LogP contribution < -0.4 is 4.90 Å². The first kappa shape index (κ1) is 27.6. The summed E-state index contributed by atoms with van der Waals surface area (Å²) in [7, 11) is 0. The Hall–Kier alpha value is -4.66. The summed E-state index contributed by atoms with van der Waals surface area (Å²) in [6.45, 7) is 0. The summed E-state index contributed by atoms with van der Waals surface area (Å²) >= 11 is 1.88. The summed E-state index contributed by atoms with van der Waals surface area (Å²) in [6, 6.07) is 54.1. The first-order valence-electron chi connectivity index (χ1n) is 16.8. The van der Waals surface area contributed by atoms with Crippen molar-refractivity contribution < 1.29 is 0 Å². The number of rotatable bonds is 6. The molecule has 3 fully saturated rings. The number of nitrogens with zero attached hydrogens (tertiary/aromatic N) is 1. The molecule has 7 aromatic rings. The SMILES string of the molecule is c1ccc(-c2ccc(N(c3ccc4sc5ccccc5c4c3)c3ccc(C45CCC(CC4)CC5)cc3-c3ccccc3)cc2)cc1. The van der Waals surface area contributed by atoms with Gasteiger partial charge in [0.15, 0.2) is 0 Å². The van der Waals surface area contributed by atoms with Crippen LogP contribution in [0, 0.1) is 5.92 Å². The van der Waals surface area contributed by atoms with Crippen molar-refractivity contribution in [2.45, 2.75) is 43.9 Å². The lowest BCUT2D eigenvalue weighted by atomic mass is 9.58. The van der Waals surface area contributed by atoms with E-state index in [2.05, 4.69) is 150 Å². The summed E-state index contributed by atoms with van der Waals surface area (Å²) in [6.07, 6.45) is 8.15. The molecule has 0 amide bonds. The zero-order chi connectivity index (χ0) is 30.5. The number of hydrogen-bond donors (Lipinski definition) is 0. The van der Waals surface area contributed by atoms with Gasteiger partial charge < -0.3 is 4.90 Å². The molecule has 0 spiro atoms. The van der Waals surface area contributed by atoms with E-state index < -0.39 is 0 Å². The molecular formula is C44H37NS. The largest absolute Gasteiger partial charge is 0.310 e. The fourth-order valence-electron chi connectivity index (χ4n) is 8.31. The smallest absolute Gasteiger partial charge is 0.0540 e. The van der Waals surface area contributed by atoms with Crippen LogP contribution in [0.4, 0.5) is 17.1 Å². The molecule has 0 atom stereocenters. The molecule has 46 heavy (non-hydrogen) atoms. The molecule has 0 unspecified atom stereocenters. The highest BCUT2D eigenvalue weighted by Gasteiger charge is 2.41. The second-order valence-electron chi connectivity index (χ2n) is 13.4. The predicted molar refractivity (Wildman–Crippen MR) is 198 cm³/mol. The Labute approximate surface area is 275 Å². The van der Waals surface area contributed by atoms with E-state index in [0.29, 0.717) is 5.41 Å². The van der Waals surface area contributed by atoms with E-state index in [-0.39, 0.29) is 0 Å². The molecule has 224 valence electrons. The maximum absolute atomic E-state index is 2.56. The van der Waals surface area contributed by atoms with Gasteiger partial charge in [-0.3, -0.25) is 0 Å². The van der Waals surface area contributed by atoms with Crippen LogP contribution in [0.2, 0.25) is 0 Å². The summed E-state index contributed by atoms with van der Waals surface area (Å²) in [5, 5.41) is 2.65. The zero-order valence-electron chi connectivity index (χ0n) is 26.0. The minimum atomic E-state index is 0.327. The maximum atomic E-state index is 2.56. The van der Waals surface area contributed by atoms with Gasteiger partial charge in [0.05, 0.1) is 5.69 Å². The van der Waals surface area contributed by atoms with Gasteiger partial charge in [-0.15, -0.1) is 11.3 Å². The Morgan fingerprint density at radius 1 is 0.500 bits per heavy atom.